The highest BCUT2D eigenvalue weighted by atomic mass is 35.5. The average molecular weight is 235 g/mol. The molecule has 0 aromatic heterocycles. The third-order valence-corrected chi connectivity index (χ3v) is 2.62. The zero-order valence-electron chi connectivity index (χ0n) is 7.23. The molecule has 4 nitrogen and oxygen atoms in total. The highest BCUT2D eigenvalue weighted by Crippen LogP contribution is 2.17. The van der Waals surface area contributed by atoms with Gasteiger partial charge in [0.15, 0.2) is 9.84 Å². The summed E-state index contributed by atoms with van der Waals surface area (Å²) < 4.78 is 26.7. The van der Waals surface area contributed by atoms with Gasteiger partial charge in [-0.15, -0.1) is 0 Å². The van der Waals surface area contributed by atoms with E-state index in [1.807, 2.05) is 0 Å². The van der Waals surface area contributed by atoms with Crippen molar-refractivity contribution in [3.63, 3.8) is 0 Å². The van der Waals surface area contributed by atoms with Crippen LogP contribution in [0.3, 0.4) is 0 Å². The Morgan fingerprint density at radius 3 is 2.57 bits per heavy atom. The zero-order valence-corrected chi connectivity index (χ0v) is 8.80. The predicted molar refractivity (Wildman–Crippen MR) is 51.4 cm³/mol. The molecule has 0 heterocycles. The third kappa shape index (κ3) is 3.01. The second-order valence-electron chi connectivity index (χ2n) is 2.59. The fourth-order valence-electron chi connectivity index (χ4n) is 0.861. The Balaban J connectivity index is 3.08. The molecule has 0 N–H and O–H groups in total. The molecule has 1 aromatic carbocycles. The molecule has 0 amide bonds. The van der Waals surface area contributed by atoms with Gasteiger partial charge >= 0.3 is 5.43 Å². The number of hydrogen-bond donors (Lipinski definition) is 0. The Morgan fingerprint density at radius 2 is 2.07 bits per heavy atom. The van der Waals surface area contributed by atoms with Gasteiger partial charge in [0.25, 0.3) is 0 Å². The number of ether oxygens (including phenoxy) is 1. The van der Waals surface area contributed by atoms with Crippen molar-refractivity contribution in [2.75, 3.05) is 6.26 Å². The first kappa shape index (κ1) is 11.0. The predicted octanol–water partition coefficient (Wildman–Crippen LogP) is 1.83. The number of hydrogen-bond acceptors (Lipinski definition) is 4. The van der Waals surface area contributed by atoms with Crippen molar-refractivity contribution in [1.29, 1.82) is 0 Å². The van der Waals surface area contributed by atoms with Crippen LogP contribution in [0.25, 0.3) is 0 Å². The number of carbonyl (C=O) groups excluding carboxylic acids is 1. The fourth-order valence-corrected chi connectivity index (χ4v) is 1.61. The minimum absolute atomic E-state index is 0.0768. The van der Waals surface area contributed by atoms with Crippen LogP contribution in [0.1, 0.15) is 0 Å². The van der Waals surface area contributed by atoms with Crippen LogP contribution in [0, 0.1) is 0 Å². The molecule has 0 unspecified atom stereocenters. The Hall–Kier alpha value is -1.07. The van der Waals surface area contributed by atoms with Crippen LogP contribution in [0.5, 0.6) is 5.75 Å². The highest BCUT2D eigenvalue weighted by molar-refractivity contribution is 7.90. The van der Waals surface area contributed by atoms with Crippen molar-refractivity contribution >= 4 is 26.9 Å². The lowest BCUT2D eigenvalue weighted by atomic mass is 10.3. The quantitative estimate of drug-likeness (QED) is 0.733. The number of benzene rings is 1. The van der Waals surface area contributed by atoms with Crippen LogP contribution in [0.4, 0.5) is 4.79 Å². The van der Waals surface area contributed by atoms with E-state index in [1.165, 1.54) is 24.3 Å². The van der Waals surface area contributed by atoms with E-state index in [1.54, 1.807) is 0 Å². The molecular formula is C8H7ClO4S. The number of sulfone groups is 1. The molecule has 1 rings (SSSR count). The summed E-state index contributed by atoms with van der Waals surface area (Å²) in [6.07, 6.45) is 1.06. The first-order chi connectivity index (χ1) is 6.39. The van der Waals surface area contributed by atoms with Crippen LogP contribution in [-0.2, 0) is 9.84 Å². The molecule has 14 heavy (non-hydrogen) atoms. The molecule has 0 spiro atoms. The van der Waals surface area contributed by atoms with Crippen molar-refractivity contribution in [1.82, 2.24) is 0 Å². The summed E-state index contributed by atoms with van der Waals surface area (Å²) in [7, 11) is -3.30. The molecule has 0 saturated heterocycles. The van der Waals surface area contributed by atoms with Gasteiger partial charge in [-0.05, 0) is 18.2 Å². The minimum Gasteiger partial charge on any atom is -0.414 e. The molecule has 1 aromatic rings. The van der Waals surface area contributed by atoms with Gasteiger partial charge in [0, 0.05) is 17.9 Å². The van der Waals surface area contributed by atoms with E-state index in [-0.39, 0.29) is 10.6 Å². The topological polar surface area (TPSA) is 60.4 Å². The van der Waals surface area contributed by atoms with E-state index < -0.39 is 15.3 Å². The lowest BCUT2D eigenvalue weighted by molar-refractivity contribution is 0.225. The number of rotatable bonds is 2. The lowest BCUT2D eigenvalue weighted by Crippen LogP contribution is -2.00. The van der Waals surface area contributed by atoms with Crippen molar-refractivity contribution in [3.05, 3.63) is 24.3 Å². The number of halogens is 1. The van der Waals surface area contributed by atoms with Gasteiger partial charge in [-0.1, -0.05) is 6.07 Å². The van der Waals surface area contributed by atoms with Gasteiger partial charge in [0.05, 0.1) is 4.90 Å². The summed E-state index contributed by atoms with van der Waals surface area (Å²) in [6.45, 7) is 0. The van der Waals surface area contributed by atoms with Crippen molar-refractivity contribution in [2.45, 2.75) is 4.90 Å². The summed E-state index contributed by atoms with van der Waals surface area (Å²) in [4.78, 5) is 10.4. The molecular weight excluding hydrogens is 228 g/mol. The van der Waals surface area contributed by atoms with Gasteiger partial charge in [-0.2, -0.15) is 0 Å². The summed E-state index contributed by atoms with van der Waals surface area (Å²) in [5.41, 5.74) is -1.00. The second-order valence-corrected chi connectivity index (χ2v) is 4.91. The Bertz CT molecular complexity index is 452. The van der Waals surface area contributed by atoms with Gasteiger partial charge in [0.2, 0.25) is 0 Å². The molecule has 0 saturated carbocycles. The molecule has 0 fully saturated rings. The maximum atomic E-state index is 11.1. The van der Waals surface area contributed by atoms with E-state index in [0.717, 1.165) is 6.26 Å². The number of carbonyl (C=O) groups is 1. The molecule has 0 aliphatic heterocycles. The van der Waals surface area contributed by atoms with E-state index in [2.05, 4.69) is 4.74 Å². The van der Waals surface area contributed by atoms with Crippen molar-refractivity contribution < 1.29 is 17.9 Å². The summed E-state index contributed by atoms with van der Waals surface area (Å²) in [5.74, 6) is 0.105. The first-order valence-electron chi connectivity index (χ1n) is 3.57. The molecule has 0 radical (unpaired) electrons. The summed E-state index contributed by atoms with van der Waals surface area (Å²) in [5, 5.41) is 0. The molecule has 0 aliphatic carbocycles. The van der Waals surface area contributed by atoms with Gasteiger partial charge in [-0.25, -0.2) is 13.2 Å². The maximum absolute atomic E-state index is 11.1. The molecule has 76 valence electrons. The highest BCUT2D eigenvalue weighted by Gasteiger charge is 2.08. The Morgan fingerprint density at radius 1 is 1.43 bits per heavy atom. The normalized spacial score (nSPS) is 11.0. The van der Waals surface area contributed by atoms with E-state index >= 15 is 0 Å². The van der Waals surface area contributed by atoms with Crippen LogP contribution in [0.2, 0.25) is 0 Å². The van der Waals surface area contributed by atoms with Crippen molar-refractivity contribution in [2.24, 2.45) is 0 Å². The minimum atomic E-state index is -3.30. The van der Waals surface area contributed by atoms with Gasteiger partial charge in [-0.3, -0.25) is 0 Å². The van der Waals surface area contributed by atoms with Gasteiger partial charge in [0.1, 0.15) is 5.75 Å². The smallest absolute Gasteiger partial charge is 0.409 e. The van der Waals surface area contributed by atoms with E-state index in [0.29, 0.717) is 0 Å². The third-order valence-electron chi connectivity index (χ3n) is 1.43. The van der Waals surface area contributed by atoms with Crippen LogP contribution in [0.15, 0.2) is 29.2 Å². The standard InChI is InChI=1S/C8H7ClO4S/c1-14(11,12)7-4-2-3-6(5-7)13-8(9)10/h2-5H,1H3. The van der Waals surface area contributed by atoms with Crippen molar-refractivity contribution in [3.8, 4) is 5.75 Å². The molecule has 0 aliphatic rings. The maximum Gasteiger partial charge on any atom is 0.409 e. The fraction of sp³-hybridized carbons (Fsp3) is 0.125. The average Bonchev–Trinajstić information content (AvgIpc) is 2.01. The summed E-state index contributed by atoms with van der Waals surface area (Å²) in [6, 6.07) is 5.54. The van der Waals surface area contributed by atoms with Crippen LogP contribution < -0.4 is 4.74 Å². The largest absolute Gasteiger partial charge is 0.414 e. The molecule has 6 heteroatoms. The zero-order chi connectivity index (χ0) is 10.8. The first-order valence-corrected chi connectivity index (χ1v) is 5.84. The van der Waals surface area contributed by atoms with E-state index in [4.69, 9.17) is 11.6 Å². The van der Waals surface area contributed by atoms with Crippen LogP contribution in [-0.4, -0.2) is 20.1 Å². The Kier molecular flexibility index (Phi) is 3.13. The lowest BCUT2D eigenvalue weighted by Gasteiger charge is -2.01. The van der Waals surface area contributed by atoms with E-state index in [9.17, 15) is 13.2 Å². The monoisotopic (exact) mass is 234 g/mol. The second kappa shape index (κ2) is 3.98. The SMILES string of the molecule is CS(=O)(=O)c1cccc(OC(=O)Cl)c1. The van der Waals surface area contributed by atoms with Crippen LogP contribution >= 0.6 is 11.6 Å². The summed E-state index contributed by atoms with van der Waals surface area (Å²) >= 11 is 4.97. The Labute approximate surface area is 86.4 Å². The van der Waals surface area contributed by atoms with Gasteiger partial charge < -0.3 is 4.74 Å². The molecule has 0 atom stereocenters. The molecule has 0 bridgehead atoms.